The number of ether oxygens (including phenoxy) is 1. The molecule has 0 saturated heterocycles. The summed E-state index contributed by atoms with van der Waals surface area (Å²) < 4.78 is 50.8. The maximum atomic E-state index is 13.6. The van der Waals surface area contributed by atoms with E-state index >= 15 is 0 Å². The van der Waals surface area contributed by atoms with E-state index in [1.165, 1.54) is 49.6 Å². The molecule has 0 unspecified atom stereocenters. The molecule has 27 heavy (non-hydrogen) atoms. The van der Waals surface area contributed by atoms with Crippen LogP contribution < -0.4 is 4.74 Å². The number of alkyl halides is 3. The third kappa shape index (κ3) is 2.54. The van der Waals surface area contributed by atoms with E-state index in [0.717, 1.165) is 0 Å². The minimum Gasteiger partial charge on any atom is -0.497 e. The maximum absolute atomic E-state index is 13.6. The van der Waals surface area contributed by atoms with Gasteiger partial charge in [0.15, 0.2) is 11.5 Å². The average Bonchev–Trinajstić information content (AvgIpc) is 3.08. The molecule has 0 spiro atoms. The van der Waals surface area contributed by atoms with Crippen molar-refractivity contribution in [2.45, 2.75) is 6.18 Å². The van der Waals surface area contributed by atoms with Crippen molar-refractivity contribution in [2.24, 2.45) is 0 Å². The fourth-order valence-electron chi connectivity index (χ4n) is 3.18. The van der Waals surface area contributed by atoms with Crippen LogP contribution in [0.25, 0.3) is 11.1 Å². The van der Waals surface area contributed by atoms with E-state index < -0.39 is 34.8 Å². The summed E-state index contributed by atoms with van der Waals surface area (Å²) in [6, 6.07) is 11.6. The zero-order valence-electron chi connectivity index (χ0n) is 13.9. The average molecular weight is 372 g/mol. The van der Waals surface area contributed by atoms with Gasteiger partial charge >= 0.3 is 6.18 Å². The molecule has 1 aliphatic carbocycles. The molecular weight excluding hydrogens is 361 g/mol. The molecule has 0 fully saturated rings. The summed E-state index contributed by atoms with van der Waals surface area (Å²) >= 11 is 0. The van der Waals surface area contributed by atoms with E-state index in [0.29, 0.717) is 5.75 Å². The quantitative estimate of drug-likeness (QED) is 0.510. The van der Waals surface area contributed by atoms with Crippen LogP contribution in [0, 0.1) is 0 Å². The molecule has 0 bridgehead atoms. The molecule has 7 heteroatoms. The molecule has 0 saturated carbocycles. The molecule has 0 N–H and O–H groups in total. The second-order valence-corrected chi connectivity index (χ2v) is 5.94. The molecule has 1 aromatic heterocycles. The van der Waals surface area contributed by atoms with Crippen molar-refractivity contribution in [3.63, 3.8) is 0 Å². The molecule has 4 rings (SSSR count). The van der Waals surface area contributed by atoms with Gasteiger partial charge in [-0.3, -0.25) is 9.59 Å². The molecular formula is C20H11F3O4. The minimum atomic E-state index is -4.88. The number of methoxy groups -OCH3 is 1. The zero-order valence-corrected chi connectivity index (χ0v) is 13.9. The normalized spacial score (nSPS) is 13.3. The van der Waals surface area contributed by atoms with Crippen molar-refractivity contribution in [1.29, 1.82) is 0 Å². The fourth-order valence-corrected chi connectivity index (χ4v) is 3.18. The number of benzene rings is 2. The lowest BCUT2D eigenvalue weighted by Gasteiger charge is -2.14. The van der Waals surface area contributed by atoms with E-state index in [1.54, 1.807) is 6.07 Å². The maximum Gasteiger partial charge on any atom is 0.450 e. The van der Waals surface area contributed by atoms with Crippen LogP contribution in [0.15, 0.2) is 52.9 Å². The van der Waals surface area contributed by atoms with Crippen molar-refractivity contribution < 1.29 is 31.9 Å². The standard InChI is InChI=1S/C20H11F3O4/c1-26-11-8-6-10(7-9-11)14-15-16(24)12-4-2-3-5-13(12)17(25)18(15)27-19(14)20(21,22)23/h2-9H,1H3. The predicted molar refractivity (Wildman–Crippen MR) is 89.0 cm³/mol. The summed E-state index contributed by atoms with van der Waals surface area (Å²) in [7, 11) is 1.43. The lowest BCUT2D eigenvalue weighted by molar-refractivity contribution is -0.152. The van der Waals surface area contributed by atoms with E-state index in [4.69, 9.17) is 9.15 Å². The molecule has 2 aromatic carbocycles. The first kappa shape index (κ1) is 17.1. The van der Waals surface area contributed by atoms with Crippen LogP contribution in [0.4, 0.5) is 13.2 Å². The molecule has 1 heterocycles. The van der Waals surface area contributed by atoms with Gasteiger partial charge in [-0.2, -0.15) is 13.2 Å². The van der Waals surface area contributed by atoms with Crippen molar-refractivity contribution in [2.75, 3.05) is 7.11 Å². The van der Waals surface area contributed by atoms with Gasteiger partial charge in [0.25, 0.3) is 0 Å². The lowest BCUT2D eigenvalue weighted by Crippen LogP contribution is -2.19. The molecule has 0 radical (unpaired) electrons. The molecule has 0 amide bonds. The monoisotopic (exact) mass is 372 g/mol. The fraction of sp³-hybridized carbons (Fsp3) is 0.100. The first-order valence-corrected chi connectivity index (χ1v) is 7.89. The summed E-state index contributed by atoms with van der Waals surface area (Å²) in [6.07, 6.45) is -4.88. The zero-order chi connectivity index (χ0) is 19.3. The Morgan fingerprint density at radius 2 is 1.44 bits per heavy atom. The highest BCUT2D eigenvalue weighted by atomic mass is 19.4. The second-order valence-electron chi connectivity index (χ2n) is 5.94. The van der Waals surface area contributed by atoms with Crippen LogP contribution in [0.5, 0.6) is 5.75 Å². The van der Waals surface area contributed by atoms with Gasteiger partial charge in [-0.05, 0) is 17.7 Å². The highest BCUT2D eigenvalue weighted by Gasteiger charge is 2.45. The Morgan fingerprint density at radius 1 is 0.852 bits per heavy atom. The third-order valence-electron chi connectivity index (χ3n) is 4.39. The van der Waals surface area contributed by atoms with Crippen molar-refractivity contribution in [1.82, 2.24) is 0 Å². The number of carbonyl (C=O) groups is 2. The van der Waals surface area contributed by atoms with Gasteiger partial charge in [0.05, 0.1) is 12.7 Å². The number of furan rings is 1. The summed E-state index contributed by atoms with van der Waals surface area (Å²) in [6.45, 7) is 0. The Morgan fingerprint density at radius 3 is 2.00 bits per heavy atom. The molecule has 4 nitrogen and oxygen atoms in total. The number of hydrogen-bond acceptors (Lipinski definition) is 4. The number of halogens is 3. The topological polar surface area (TPSA) is 56.5 Å². The van der Waals surface area contributed by atoms with Crippen LogP contribution in [0.3, 0.4) is 0 Å². The first-order chi connectivity index (χ1) is 12.8. The number of hydrogen-bond donors (Lipinski definition) is 0. The van der Waals surface area contributed by atoms with Gasteiger partial charge in [0.1, 0.15) is 5.75 Å². The molecule has 0 aliphatic heterocycles. The predicted octanol–water partition coefficient (Wildman–Crippen LogP) is 4.75. The van der Waals surface area contributed by atoms with Crippen LogP contribution >= 0.6 is 0 Å². The Bertz CT molecular complexity index is 1080. The van der Waals surface area contributed by atoms with Gasteiger partial charge in [-0.1, -0.05) is 36.4 Å². The van der Waals surface area contributed by atoms with Gasteiger partial charge in [-0.25, -0.2) is 0 Å². The smallest absolute Gasteiger partial charge is 0.450 e. The number of rotatable bonds is 2. The van der Waals surface area contributed by atoms with E-state index in [1.807, 2.05) is 0 Å². The Labute approximate surface area is 151 Å². The highest BCUT2D eigenvalue weighted by Crippen LogP contribution is 2.45. The summed E-state index contributed by atoms with van der Waals surface area (Å²) in [4.78, 5) is 25.6. The largest absolute Gasteiger partial charge is 0.497 e. The van der Waals surface area contributed by atoms with E-state index in [-0.39, 0.29) is 22.3 Å². The Balaban J connectivity index is 2.02. The summed E-state index contributed by atoms with van der Waals surface area (Å²) in [5.41, 5.74) is -0.615. The van der Waals surface area contributed by atoms with Crippen LogP contribution in [-0.2, 0) is 6.18 Å². The van der Waals surface area contributed by atoms with Crippen molar-refractivity contribution in [3.05, 3.63) is 76.7 Å². The van der Waals surface area contributed by atoms with Crippen molar-refractivity contribution in [3.8, 4) is 16.9 Å². The second kappa shape index (κ2) is 5.84. The van der Waals surface area contributed by atoms with Crippen molar-refractivity contribution >= 4 is 11.6 Å². The van der Waals surface area contributed by atoms with Crippen LogP contribution in [0.2, 0.25) is 0 Å². The first-order valence-electron chi connectivity index (χ1n) is 7.89. The van der Waals surface area contributed by atoms with Gasteiger partial charge in [0, 0.05) is 16.7 Å². The number of carbonyl (C=O) groups excluding carboxylic acids is 2. The van der Waals surface area contributed by atoms with E-state index in [9.17, 15) is 22.8 Å². The SMILES string of the molecule is COc1ccc(-c2c(C(F)(F)F)oc3c2C(=O)c2ccccc2C3=O)cc1. The molecule has 0 atom stereocenters. The van der Waals surface area contributed by atoms with Gasteiger partial charge < -0.3 is 9.15 Å². The Hall–Kier alpha value is -3.35. The minimum absolute atomic E-state index is 0.0266. The van der Waals surface area contributed by atoms with Crippen LogP contribution in [0.1, 0.15) is 37.8 Å². The number of fused-ring (bicyclic) bond motifs is 2. The summed E-state index contributed by atoms with van der Waals surface area (Å²) in [5, 5.41) is 0. The number of ketones is 2. The molecule has 136 valence electrons. The van der Waals surface area contributed by atoms with Crippen LogP contribution in [-0.4, -0.2) is 18.7 Å². The van der Waals surface area contributed by atoms with E-state index in [2.05, 4.69) is 0 Å². The Kier molecular flexibility index (Phi) is 3.69. The molecule has 3 aromatic rings. The summed E-state index contributed by atoms with van der Waals surface area (Å²) in [5.74, 6) is -2.93. The van der Waals surface area contributed by atoms with Gasteiger partial charge in [0.2, 0.25) is 11.5 Å². The molecule has 1 aliphatic rings. The van der Waals surface area contributed by atoms with Gasteiger partial charge in [-0.15, -0.1) is 0 Å². The third-order valence-corrected chi connectivity index (χ3v) is 4.39. The lowest BCUT2D eigenvalue weighted by atomic mass is 9.85. The highest BCUT2D eigenvalue weighted by molar-refractivity contribution is 6.29.